The van der Waals surface area contributed by atoms with Crippen LogP contribution < -0.4 is 15.0 Å². The molecule has 0 aromatic heterocycles. The Hall–Kier alpha value is -3.81. The van der Waals surface area contributed by atoms with Gasteiger partial charge in [-0.25, -0.2) is 0 Å². The predicted molar refractivity (Wildman–Crippen MR) is 145 cm³/mol. The predicted octanol–water partition coefficient (Wildman–Crippen LogP) is 6.01. The minimum atomic E-state index is -0.528. The fourth-order valence-corrected chi connectivity index (χ4v) is 4.73. The molecule has 172 valence electrons. The van der Waals surface area contributed by atoms with Crippen LogP contribution in [0, 0.1) is 0 Å². The van der Waals surface area contributed by atoms with Crippen LogP contribution in [-0.4, -0.2) is 16.9 Å². The minimum absolute atomic E-state index is 0.00113. The van der Waals surface area contributed by atoms with Gasteiger partial charge >= 0.3 is 0 Å². The van der Waals surface area contributed by atoms with E-state index < -0.39 is 11.8 Å². The van der Waals surface area contributed by atoms with Crippen LogP contribution >= 0.6 is 28.1 Å². The number of benzene rings is 4. The van der Waals surface area contributed by atoms with Gasteiger partial charge in [-0.3, -0.25) is 19.8 Å². The molecule has 35 heavy (non-hydrogen) atoms. The van der Waals surface area contributed by atoms with E-state index in [1.807, 2.05) is 42.5 Å². The molecule has 4 aromatic carbocycles. The zero-order valence-corrected chi connectivity index (χ0v) is 20.8. The lowest BCUT2D eigenvalue weighted by molar-refractivity contribution is -0.122. The van der Waals surface area contributed by atoms with Gasteiger partial charge in [-0.1, -0.05) is 66.7 Å². The number of thiocarbonyl (C=S) groups is 1. The third-order valence-corrected chi connectivity index (χ3v) is 6.55. The van der Waals surface area contributed by atoms with E-state index in [1.54, 1.807) is 36.4 Å². The normalized spacial score (nSPS) is 14.9. The van der Waals surface area contributed by atoms with Gasteiger partial charge in [0.2, 0.25) is 0 Å². The second-order valence-corrected chi connectivity index (χ2v) is 9.15. The van der Waals surface area contributed by atoms with Crippen molar-refractivity contribution >= 4 is 67.6 Å². The Morgan fingerprint density at radius 1 is 0.914 bits per heavy atom. The molecule has 1 N–H and O–H groups in total. The van der Waals surface area contributed by atoms with Gasteiger partial charge in [0.05, 0.1) is 10.2 Å². The van der Waals surface area contributed by atoms with E-state index in [1.165, 1.54) is 4.90 Å². The fourth-order valence-electron chi connectivity index (χ4n) is 3.93. The van der Waals surface area contributed by atoms with E-state index in [2.05, 4.69) is 39.4 Å². The van der Waals surface area contributed by atoms with Gasteiger partial charge in [-0.2, -0.15) is 0 Å². The maximum Gasteiger partial charge on any atom is 0.270 e. The summed E-state index contributed by atoms with van der Waals surface area (Å²) in [6, 6.07) is 28.7. The number of anilines is 1. The quantitative estimate of drug-likeness (QED) is 0.190. The Morgan fingerprint density at radius 2 is 1.66 bits per heavy atom. The van der Waals surface area contributed by atoms with E-state index in [4.69, 9.17) is 17.0 Å². The van der Waals surface area contributed by atoms with Gasteiger partial charge in [0.1, 0.15) is 17.9 Å². The Balaban J connectivity index is 1.37. The van der Waals surface area contributed by atoms with E-state index in [-0.39, 0.29) is 10.7 Å². The number of fused-ring (bicyclic) bond motifs is 1. The van der Waals surface area contributed by atoms with Crippen molar-refractivity contribution in [3.8, 4) is 5.75 Å². The summed E-state index contributed by atoms with van der Waals surface area (Å²) in [6.45, 7) is 0.408. The average Bonchev–Trinajstić information content (AvgIpc) is 2.86. The van der Waals surface area contributed by atoms with Gasteiger partial charge in [-0.05, 0) is 80.4 Å². The Labute approximate surface area is 216 Å². The molecule has 4 aromatic rings. The number of hydrogen-bond donors (Lipinski definition) is 1. The standard InChI is InChI=1S/C28H19BrN2O3S/c29-24-16-18(13-14-25(24)34-17-20-9-6-8-19-7-4-5-12-22(19)20)15-23-26(32)30-28(35)31(27(23)33)21-10-2-1-3-11-21/h1-16H,17H2,(H,30,32,35)/b23-15-. The van der Waals surface area contributed by atoms with Gasteiger partial charge < -0.3 is 4.74 Å². The summed E-state index contributed by atoms with van der Waals surface area (Å²) in [4.78, 5) is 27.0. The molecule has 0 atom stereocenters. The van der Waals surface area contributed by atoms with Gasteiger partial charge in [0.15, 0.2) is 5.11 Å². The van der Waals surface area contributed by atoms with Gasteiger partial charge in [0, 0.05) is 0 Å². The smallest absolute Gasteiger partial charge is 0.270 e. The van der Waals surface area contributed by atoms with Crippen molar-refractivity contribution < 1.29 is 14.3 Å². The fraction of sp³-hybridized carbons (Fsp3) is 0.0357. The van der Waals surface area contributed by atoms with Crippen LogP contribution in [0.15, 0.2) is 101 Å². The summed E-state index contributed by atoms with van der Waals surface area (Å²) < 4.78 is 6.78. The molecule has 5 rings (SSSR count). The molecule has 1 saturated heterocycles. The number of amides is 2. The molecule has 0 bridgehead atoms. The molecule has 0 aliphatic carbocycles. The Morgan fingerprint density at radius 3 is 2.46 bits per heavy atom. The first-order chi connectivity index (χ1) is 17.0. The molecule has 0 saturated carbocycles. The summed E-state index contributed by atoms with van der Waals surface area (Å²) in [7, 11) is 0. The number of carbonyl (C=O) groups is 2. The molecule has 0 spiro atoms. The summed E-state index contributed by atoms with van der Waals surface area (Å²) in [6.07, 6.45) is 1.55. The highest BCUT2D eigenvalue weighted by molar-refractivity contribution is 9.10. The zero-order chi connectivity index (χ0) is 24.4. The molecular weight excluding hydrogens is 524 g/mol. The van der Waals surface area contributed by atoms with Crippen LogP contribution in [0.5, 0.6) is 5.75 Å². The summed E-state index contributed by atoms with van der Waals surface area (Å²) in [5, 5.41) is 4.97. The van der Waals surface area contributed by atoms with Crippen molar-refractivity contribution in [3.05, 3.63) is 112 Å². The van der Waals surface area contributed by atoms with E-state index in [0.29, 0.717) is 28.1 Å². The van der Waals surface area contributed by atoms with Crippen LogP contribution in [0.2, 0.25) is 0 Å². The van der Waals surface area contributed by atoms with Crippen molar-refractivity contribution in [2.45, 2.75) is 6.61 Å². The highest BCUT2D eigenvalue weighted by Gasteiger charge is 2.34. The molecule has 5 nitrogen and oxygen atoms in total. The molecule has 1 fully saturated rings. The third-order valence-electron chi connectivity index (χ3n) is 5.65. The minimum Gasteiger partial charge on any atom is -0.488 e. The number of para-hydroxylation sites is 1. The van der Waals surface area contributed by atoms with Crippen LogP contribution in [0.3, 0.4) is 0 Å². The topological polar surface area (TPSA) is 58.6 Å². The first kappa shape index (κ1) is 23.0. The number of nitrogens with zero attached hydrogens (tertiary/aromatic N) is 1. The maximum absolute atomic E-state index is 13.1. The summed E-state index contributed by atoms with van der Waals surface area (Å²) >= 11 is 8.79. The lowest BCUT2D eigenvalue weighted by Gasteiger charge is -2.28. The van der Waals surface area contributed by atoms with Crippen molar-refractivity contribution in [2.24, 2.45) is 0 Å². The summed E-state index contributed by atoms with van der Waals surface area (Å²) in [5.74, 6) is -0.344. The number of ether oxygens (including phenoxy) is 1. The molecule has 2 amide bonds. The van der Waals surface area contributed by atoms with Gasteiger partial charge in [0.25, 0.3) is 11.8 Å². The third kappa shape index (κ3) is 4.73. The largest absolute Gasteiger partial charge is 0.488 e. The molecule has 7 heteroatoms. The van der Waals surface area contributed by atoms with E-state index in [9.17, 15) is 9.59 Å². The number of carbonyl (C=O) groups excluding carboxylic acids is 2. The summed E-state index contributed by atoms with van der Waals surface area (Å²) in [5.41, 5.74) is 2.35. The molecular formula is C28H19BrN2O3S. The first-order valence-electron chi connectivity index (χ1n) is 10.9. The number of nitrogens with one attached hydrogen (secondary N) is 1. The van der Waals surface area contributed by atoms with Crippen LogP contribution in [-0.2, 0) is 16.2 Å². The van der Waals surface area contributed by atoms with E-state index >= 15 is 0 Å². The monoisotopic (exact) mass is 542 g/mol. The second kappa shape index (κ2) is 9.82. The van der Waals surface area contributed by atoms with Crippen molar-refractivity contribution in [1.29, 1.82) is 0 Å². The van der Waals surface area contributed by atoms with Crippen molar-refractivity contribution in [1.82, 2.24) is 5.32 Å². The second-order valence-electron chi connectivity index (χ2n) is 7.91. The maximum atomic E-state index is 13.1. The molecule has 1 heterocycles. The highest BCUT2D eigenvalue weighted by atomic mass is 79.9. The van der Waals surface area contributed by atoms with E-state index in [0.717, 1.165) is 16.3 Å². The lowest BCUT2D eigenvalue weighted by Crippen LogP contribution is -2.54. The zero-order valence-electron chi connectivity index (χ0n) is 18.4. The Kier molecular flexibility index (Phi) is 6.44. The Bertz CT molecular complexity index is 1500. The number of hydrogen-bond acceptors (Lipinski definition) is 4. The van der Waals surface area contributed by atoms with Crippen molar-refractivity contribution in [2.75, 3.05) is 4.90 Å². The molecule has 0 radical (unpaired) electrons. The highest BCUT2D eigenvalue weighted by Crippen LogP contribution is 2.30. The lowest BCUT2D eigenvalue weighted by atomic mass is 10.1. The van der Waals surface area contributed by atoms with Crippen LogP contribution in [0.25, 0.3) is 16.8 Å². The molecule has 0 unspecified atom stereocenters. The number of halogens is 1. The van der Waals surface area contributed by atoms with Gasteiger partial charge in [-0.15, -0.1) is 0 Å². The van der Waals surface area contributed by atoms with Crippen molar-refractivity contribution in [3.63, 3.8) is 0 Å². The average molecular weight is 543 g/mol. The number of rotatable bonds is 5. The SMILES string of the molecule is O=C1NC(=S)N(c2ccccc2)C(=O)/C1=C\c1ccc(OCc2cccc3ccccc23)c(Br)c1. The van der Waals surface area contributed by atoms with Crippen LogP contribution in [0.4, 0.5) is 5.69 Å². The van der Waals surface area contributed by atoms with Crippen LogP contribution in [0.1, 0.15) is 11.1 Å². The first-order valence-corrected chi connectivity index (χ1v) is 12.1. The molecule has 1 aliphatic heterocycles. The molecule has 1 aliphatic rings.